The van der Waals surface area contributed by atoms with Gasteiger partial charge in [-0.3, -0.25) is 4.79 Å². The van der Waals surface area contributed by atoms with Crippen molar-refractivity contribution in [3.8, 4) is 0 Å². The van der Waals surface area contributed by atoms with Crippen molar-refractivity contribution in [2.24, 2.45) is 0 Å². The molecule has 1 atom stereocenters. The van der Waals surface area contributed by atoms with Crippen LogP contribution in [-0.2, 0) is 4.79 Å². The van der Waals surface area contributed by atoms with Crippen molar-refractivity contribution in [3.63, 3.8) is 0 Å². The van der Waals surface area contributed by atoms with Gasteiger partial charge in [-0.25, -0.2) is 4.79 Å². The summed E-state index contributed by atoms with van der Waals surface area (Å²) in [6.07, 6.45) is -1.46. The number of carboxylic acids is 1. The summed E-state index contributed by atoms with van der Waals surface area (Å²) in [5.41, 5.74) is 0.557. The molecule has 0 saturated heterocycles. The van der Waals surface area contributed by atoms with Crippen LogP contribution in [0, 0.1) is 10.7 Å². The zero-order valence-corrected chi connectivity index (χ0v) is 16.0. The molecule has 0 fully saturated rings. The first-order valence-corrected chi connectivity index (χ1v) is 8.40. The van der Waals surface area contributed by atoms with Crippen molar-refractivity contribution < 1.29 is 19.8 Å². The fourth-order valence-electron chi connectivity index (χ4n) is 1.26. The van der Waals surface area contributed by atoms with E-state index in [9.17, 15) is 9.59 Å². The van der Waals surface area contributed by atoms with Gasteiger partial charge in [-0.2, -0.15) is 0 Å². The topological polar surface area (TPSA) is 86.6 Å². The summed E-state index contributed by atoms with van der Waals surface area (Å²) in [6, 6.07) is 3.74. The zero-order valence-electron chi connectivity index (χ0n) is 9.49. The molecule has 0 aliphatic rings. The van der Waals surface area contributed by atoms with Gasteiger partial charge in [0.15, 0.2) is 6.10 Å². The Kier molecular flexibility index (Phi) is 7.24. The predicted octanol–water partition coefficient (Wildman–Crippen LogP) is 2.07. The van der Waals surface area contributed by atoms with E-state index in [0.29, 0.717) is 5.56 Å². The predicted molar refractivity (Wildman–Crippen MR) is 95.2 cm³/mol. The molecule has 19 heavy (non-hydrogen) atoms. The SMILES string of the molecule is O=C(NCCC(O)C(=O)O)c1cc(I)cc(I)c1I. The second-order valence-corrected chi connectivity index (χ2v) is 7.13. The number of rotatable bonds is 5. The van der Waals surface area contributed by atoms with E-state index in [0.717, 1.165) is 10.7 Å². The molecule has 0 heterocycles. The van der Waals surface area contributed by atoms with Gasteiger partial charge in [0.25, 0.3) is 5.91 Å². The number of halogens is 3. The van der Waals surface area contributed by atoms with Crippen LogP contribution >= 0.6 is 67.8 Å². The number of aliphatic hydroxyl groups excluding tert-OH is 1. The van der Waals surface area contributed by atoms with Gasteiger partial charge >= 0.3 is 5.97 Å². The summed E-state index contributed by atoms with van der Waals surface area (Å²) in [4.78, 5) is 22.4. The van der Waals surface area contributed by atoms with E-state index in [1.807, 2.05) is 6.07 Å². The average Bonchev–Trinajstić information content (AvgIpc) is 2.33. The van der Waals surface area contributed by atoms with Crippen molar-refractivity contribution >= 4 is 79.6 Å². The molecule has 0 bridgehead atoms. The zero-order chi connectivity index (χ0) is 14.6. The third-order valence-corrected chi connectivity index (χ3v) is 5.89. The lowest BCUT2D eigenvalue weighted by Crippen LogP contribution is -2.30. The van der Waals surface area contributed by atoms with Gasteiger partial charge in [-0.1, -0.05) is 0 Å². The first kappa shape index (κ1) is 17.4. The van der Waals surface area contributed by atoms with Crippen molar-refractivity contribution in [1.29, 1.82) is 0 Å². The lowest BCUT2D eigenvalue weighted by atomic mass is 10.2. The highest BCUT2D eigenvalue weighted by Crippen LogP contribution is 2.22. The summed E-state index contributed by atoms with van der Waals surface area (Å²) in [5.74, 6) is -1.55. The summed E-state index contributed by atoms with van der Waals surface area (Å²) in [5, 5.41) is 20.2. The molecule has 1 aromatic rings. The van der Waals surface area contributed by atoms with Crippen LogP contribution in [0.4, 0.5) is 0 Å². The van der Waals surface area contributed by atoms with Crippen LogP contribution in [0.2, 0.25) is 0 Å². The molecule has 0 aromatic heterocycles. The molecule has 3 N–H and O–H groups in total. The van der Waals surface area contributed by atoms with Gasteiger partial charge < -0.3 is 15.5 Å². The smallest absolute Gasteiger partial charge is 0.332 e. The fourth-order valence-corrected chi connectivity index (χ4v) is 3.66. The van der Waals surface area contributed by atoms with Crippen LogP contribution in [0.15, 0.2) is 12.1 Å². The van der Waals surface area contributed by atoms with E-state index in [4.69, 9.17) is 10.2 Å². The van der Waals surface area contributed by atoms with Crippen LogP contribution in [0.5, 0.6) is 0 Å². The van der Waals surface area contributed by atoms with Crippen LogP contribution in [0.3, 0.4) is 0 Å². The Labute approximate surface area is 151 Å². The number of benzene rings is 1. The number of hydrogen-bond acceptors (Lipinski definition) is 3. The van der Waals surface area contributed by atoms with Gasteiger partial charge in [0, 0.05) is 23.7 Å². The Morgan fingerprint density at radius 2 is 1.89 bits per heavy atom. The molecule has 1 rings (SSSR count). The number of carbonyl (C=O) groups excluding carboxylic acids is 1. The second kappa shape index (κ2) is 7.93. The third-order valence-electron chi connectivity index (χ3n) is 2.23. The molecular weight excluding hydrogens is 591 g/mol. The Morgan fingerprint density at radius 3 is 2.47 bits per heavy atom. The molecule has 1 aromatic carbocycles. The molecule has 0 aliphatic carbocycles. The van der Waals surface area contributed by atoms with Crippen molar-refractivity contribution in [3.05, 3.63) is 28.4 Å². The number of aliphatic hydroxyl groups is 1. The van der Waals surface area contributed by atoms with E-state index in [1.165, 1.54) is 0 Å². The third kappa shape index (κ3) is 5.30. The van der Waals surface area contributed by atoms with E-state index < -0.39 is 12.1 Å². The molecule has 5 nitrogen and oxygen atoms in total. The van der Waals surface area contributed by atoms with Crippen LogP contribution < -0.4 is 5.32 Å². The Bertz CT molecular complexity index is 507. The summed E-state index contributed by atoms with van der Waals surface area (Å²) in [6.45, 7) is 0.116. The van der Waals surface area contributed by atoms with Crippen molar-refractivity contribution in [1.82, 2.24) is 5.32 Å². The minimum Gasteiger partial charge on any atom is -0.479 e. The lowest BCUT2D eigenvalue weighted by Gasteiger charge is -2.10. The fraction of sp³-hybridized carbons (Fsp3) is 0.273. The quantitative estimate of drug-likeness (QED) is 0.357. The highest BCUT2D eigenvalue weighted by atomic mass is 127. The second-order valence-electron chi connectivity index (χ2n) is 3.65. The normalized spacial score (nSPS) is 12.0. The summed E-state index contributed by atoms with van der Waals surface area (Å²) in [7, 11) is 0. The van der Waals surface area contributed by atoms with E-state index in [1.54, 1.807) is 6.07 Å². The van der Waals surface area contributed by atoms with Crippen LogP contribution in [0.1, 0.15) is 16.8 Å². The maximum atomic E-state index is 12.0. The number of aliphatic carboxylic acids is 1. The maximum Gasteiger partial charge on any atom is 0.332 e. The standard InChI is InChI=1S/C11H10I3NO4/c12-5-3-6(9(14)7(13)4-5)10(17)15-2-1-8(16)11(18)19/h3-4,8,16H,1-2H2,(H,15,17)(H,18,19). The molecule has 8 heteroatoms. The summed E-state index contributed by atoms with van der Waals surface area (Å²) >= 11 is 6.39. The summed E-state index contributed by atoms with van der Waals surface area (Å²) < 4.78 is 2.80. The van der Waals surface area contributed by atoms with Crippen LogP contribution in [-0.4, -0.2) is 34.7 Å². The van der Waals surface area contributed by atoms with Crippen LogP contribution in [0.25, 0.3) is 0 Å². The molecule has 1 unspecified atom stereocenters. The molecule has 1 amide bonds. The minimum absolute atomic E-state index is 0.0152. The molecule has 0 spiro atoms. The van der Waals surface area contributed by atoms with Gasteiger partial charge in [0.1, 0.15) is 0 Å². The van der Waals surface area contributed by atoms with E-state index in [-0.39, 0.29) is 18.9 Å². The van der Waals surface area contributed by atoms with Gasteiger partial charge in [-0.05, 0) is 79.9 Å². The van der Waals surface area contributed by atoms with E-state index in [2.05, 4.69) is 73.1 Å². The Hall–Kier alpha value is 0.310. The number of amides is 1. The average molecular weight is 601 g/mol. The molecule has 0 saturated carbocycles. The number of hydrogen-bond donors (Lipinski definition) is 3. The number of carboxylic acid groups (broad SMARTS) is 1. The van der Waals surface area contributed by atoms with Gasteiger partial charge in [0.2, 0.25) is 0 Å². The number of nitrogens with one attached hydrogen (secondary N) is 1. The Balaban J connectivity index is 2.67. The highest BCUT2D eigenvalue weighted by molar-refractivity contribution is 14.1. The largest absolute Gasteiger partial charge is 0.479 e. The number of carbonyl (C=O) groups is 2. The minimum atomic E-state index is -1.45. The van der Waals surface area contributed by atoms with Gasteiger partial charge in [-0.15, -0.1) is 0 Å². The molecular formula is C11H10I3NO4. The Morgan fingerprint density at radius 1 is 1.26 bits per heavy atom. The molecule has 104 valence electrons. The van der Waals surface area contributed by atoms with Gasteiger partial charge in [0.05, 0.1) is 5.56 Å². The van der Waals surface area contributed by atoms with Crippen molar-refractivity contribution in [2.75, 3.05) is 6.54 Å². The highest BCUT2D eigenvalue weighted by Gasteiger charge is 2.16. The monoisotopic (exact) mass is 601 g/mol. The first-order valence-electron chi connectivity index (χ1n) is 5.16. The van der Waals surface area contributed by atoms with Crippen molar-refractivity contribution in [2.45, 2.75) is 12.5 Å². The lowest BCUT2D eigenvalue weighted by molar-refractivity contribution is -0.146. The first-order chi connectivity index (χ1) is 8.82. The maximum absolute atomic E-state index is 12.0. The molecule has 0 aliphatic heterocycles. The molecule has 0 radical (unpaired) electrons. The van der Waals surface area contributed by atoms with E-state index >= 15 is 0 Å².